The number of nitrogens with zero attached hydrogens (tertiary/aromatic N) is 2. The molecule has 0 aliphatic carbocycles. The fourth-order valence-electron chi connectivity index (χ4n) is 3.32. The summed E-state index contributed by atoms with van der Waals surface area (Å²) in [5.74, 6) is 0.119. The minimum absolute atomic E-state index is 0.119. The molecule has 1 aromatic heterocycles. The summed E-state index contributed by atoms with van der Waals surface area (Å²) in [5, 5.41) is 4.45. The van der Waals surface area contributed by atoms with Crippen molar-refractivity contribution in [2.45, 2.75) is 53.9 Å². The summed E-state index contributed by atoms with van der Waals surface area (Å²) in [5.41, 5.74) is 7.16. The van der Waals surface area contributed by atoms with E-state index in [1.807, 2.05) is 14.0 Å². The Balaban J connectivity index is 2.69. The molecule has 118 valence electrons. The molecule has 22 heavy (non-hydrogen) atoms. The van der Waals surface area contributed by atoms with E-state index >= 15 is 0 Å². The van der Waals surface area contributed by atoms with Crippen LogP contribution in [-0.4, -0.2) is 15.6 Å². The molecule has 0 unspecified atom stereocenters. The number of aryl methyl sites for hydroxylation is 5. The lowest BCUT2D eigenvalue weighted by Gasteiger charge is -2.15. The normalized spacial score (nSPS) is 11.0. The van der Waals surface area contributed by atoms with Gasteiger partial charge in [-0.15, -0.1) is 0 Å². The average Bonchev–Trinajstić information content (AvgIpc) is 2.78. The second kappa shape index (κ2) is 6.47. The van der Waals surface area contributed by atoms with E-state index in [2.05, 4.69) is 44.9 Å². The van der Waals surface area contributed by atoms with Crippen molar-refractivity contribution in [3.63, 3.8) is 0 Å². The maximum absolute atomic E-state index is 13.3. The Kier molecular flexibility index (Phi) is 4.84. The number of ketones is 1. The Bertz CT molecular complexity index is 685. The van der Waals surface area contributed by atoms with Crippen LogP contribution in [0.15, 0.2) is 12.1 Å². The lowest BCUT2D eigenvalue weighted by Crippen LogP contribution is -2.15. The van der Waals surface area contributed by atoms with Crippen molar-refractivity contribution in [2.24, 2.45) is 7.05 Å². The maximum Gasteiger partial charge on any atom is 0.211 e. The van der Waals surface area contributed by atoms with Crippen LogP contribution < -0.4 is 0 Å². The van der Waals surface area contributed by atoms with Gasteiger partial charge in [0.1, 0.15) is 5.69 Å². The van der Waals surface area contributed by atoms with Crippen LogP contribution in [0.1, 0.15) is 64.8 Å². The molecule has 0 saturated heterocycles. The Morgan fingerprint density at radius 3 is 2.05 bits per heavy atom. The second-order valence-corrected chi connectivity index (χ2v) is 5.88. The Labute approximate surface area is 133 Å². The van der Waals surface area contributed by atoms with E-state index in [9.17, 15) is 4.79 Å². The molecule has 0 amide bonds. The lowest BCUT2D eigenvalue weighted by atomic mass is 9.90. The summed E-state index contributed by atoms with van der Waals surface area (Å²) in [7, 11) is 1.87. The van der Waals surface area contributed by atoms with Gasteiger partial charge in [-0.05, 0) is 44.2 Å². The Morgan fingerprint density at radius 2 is 1.59 bits per heavy atom. The molecule has 2 rings (SSSR count). The van der Waals surface area contributed by atoms with Crippen LogP contribution in [-0.2, 0) is 26.3 Å². The summed E-state index contributed by atoms with van der Waals surface area (Å²) >= 11 is 0. The largest absolute Gasteiger partial charge is 0.287 e. The molecular formula is C19H26N2O. The van der Waals surface area contributed by atoms with Crippen LogP contribution in [0.5, 0.6) is 0 Å². The number of rotatable bonds is 5. The second-order valence-electron chi connectivity index (χ2n) is 5.88. The summed E-state index contributed by atoms with van der Waals surface area (Å²) in [6.45, 7) is 10.4. The monoisotopic (exact) mass is 298 g/mol. The van der Waals surface area contributed by atoms with Gasteiger partial charge in [-0.25, -0.2) is 0 Å². The van der Waals surface area contributed by atoms with Gasteiger partial charge in [-0.3, -0.25) is 9.48 Å². The van der Waals surface area contributed by atoms with Crippen molar-refractivity contribution in [2.75, 3.05) is 0 Å². The third-order valence-electron chi connectivity index (χ3n) is 4.35. The van der Waals surface area contributed by atoms with E-state index in [4.69, 9.17) is 0 Å². The molecule has 2 aromatic rings. The van der Waals surface area contributed by atoms with Crippen molar-refractivity contribution < 1.29 is 4.79 Å². The van der Waals surface area contributed by atoms with E-state index < -0.39 is 0 Å². The first kappa shape index (κ1) is 16.5. The van der Waals surface area contributed by atoms with Crippen molar-refractivity contribution in [1.29, 1.82) is 0 Å². The molecule has 0 spiro atoms. The van der Waals surface area contributed by atoms with Crippen LogP contribution >= 0.6 is 0 Å². The van der Waals surface area contributed by atoms with Crippen molar-refractivity contribution in [3.8, 4) is 0 Å². The van der Waals surface area contributed by atoms with E-state index in [1.165, 1.54) is 5.56 Å². The predicted octanol–water partition coefficient (Wildman–Crippen LogP) is 3.96. The third-order valence-corrected chi connectivity index (χ3v) is 4.35. The lowest BCUT2D eigenvalue weighted by molar-refractivity contribution is 0.102. The van der Waals surface area contributed by atoms with Gasteiger partial charge in [0.25, 0.3) is 0 Å². The number of hydrogen-bond acceptors (Lipinski definition) is 2. The molecule has 0 radical (unpaired) electrons. The third kappa shape index (κ3) is 2.72. The standard InChI is InChI=1S/C19H26N2O/c1-7-14-10-12(4)11-15(8-2)17(14)19(22)18-16(9-3)13(5)20-21(18)6/h10-11H,7-9H2,1-6H3. The number of hydrogen-bond donors (Lipinski definition) is 0. The highest BCUT2D eigenvalue weighted by molar-refractivity contribution is 6.11. The summed E-state index contributed by atoms with van der Waals surface area (Å²) in [6, 6.07) is 4.28. The number of benzene rings is 1. The van der Waals surface area contributed by atoms with Gasteiger partial charge in [0, 0.05) is 18.2 Å². The van der Waals surface area contributed by atoms with Crippen molar-refractivity contribution in [3.05, 3.63) is 51.3 Å². The van der Waals surface area contributed by atoms with Gasteiger partial charge in [-0.1, -0.05) is 38.5 Å². The van der Waals surface area contributed by atoms with E-state index in [0.717, 1.165) is 52.9 Å². The molecule has 3 heteroatoms. The highest BCUT2D eigenvalue weighted by atomic mass is 16.1. The molecule has 1 heterocycles. The van der Waals surface area contributed by atoms with Gasteiger partial charge in [0.05, 0.1) is 5.69 Å². The number of aromatic nitrogens is 2. The first-order valence-corrected chi connectivity index (χ1v) is 8.14. The van der Waals surface area contributed by atoms with Crippen molar-refractivity contribution >= 4 is 5.78 Å². The molecule has 0 saturated carbocycles. The number of carbonyl (C=O) groups is 1. The van der Waals surface area contributed by atoms with Crippen LogP contribution in [0.25, 0.3) is 0 Å². The quantitative estimate of drug-likeness (QED) is 0.783. The topological polar surface area (TPSA) is 34.9 Å². The van der Waals surface area contributed by atoms with Crippen molar-refractivity contribution in [1.82, 2.24) is 9.78 Å². The molecule has 0 aliphatic heterocycles. The zero-order valence-corrected chi connectivity index (χ0v) is 14.6. The Hall–Kier alpha value is -1.90. The summed E-state index contributed by atoms with van der Waals surface area (Å²) in [4.78, 5) is 13.3. The van der Waals surface area contributed by atoms with Gasteiger partial charge < -0.3 is 0 Å². The van der Waals surface area contributed by atoms with Crippen LogP contribution in [0, 0.1) is 13.8 Å². The SMILES string of the molecule is CCc1cc(C)cc(CC)c1C(=O)c1c(CC)c(C)nn1C. The highest BCUT2D eigenvalue weighted by Crippen LogP contribution is 2.25. The molecule has 0 atom stereocenters. The smallest absolute Gasteiger partial charge is 0.211 e. The maximum atomic E-state index is 13.3. The molecule has 3 nitrogen and oxygen atoms in total. The van der Waals surface area contributed by atoms with E-state index in [0.29, 0.717) is 0 Å². The zero-order valence-electron chi connectivity index (χ0n) is 14.6. The highest BCUT2D eigenvalue weighted by Gasteiger charge is 2.24. The molecular weight excluding hydrogens is 272 g/mol. The minimum Gasteiger partial charge on any atom is -0.287 e. The fourth-order valence-corrected chi connectivity index (χ4v) is 3.32. The number of carbonyl (C=O) groups excluding carboxylic acids is 1. The van der Waals surface area contributed by atoms with Gasteiger partial charge in [0.2, 0.25) is 5.78 Å². The molecule has 0 fully saturated rings. The van der Waals surface area contributed by atoms with Gasteiger partial charge in [0.15, 0.2) is 0 Å². The van der Waals surface area contributed by atoms with Gasteiger partial charge in [-0.2, -0.15) is 5.10 Å². The Morgan fingerprint density at radius 1 is 1.05 bits per heavy atom. The van der Waals surface area contributed by atoms with Gasteiger partial charge >= 0.3 is 0 Å². The fraction of sp³-hybridized carbons (Fsp3) is 0.474. The van der Waals surface area contributed by atoms with Crippen LogP contribution in [0.2, 0.25) is 0 Å². The average molecular weight is 298 g/mol. The predicted molar refractivity (Wildman–Crippen MR) is 90.7 cm³/mol. The molecule has 0 N–H and O–H groups in total. The van der Waals surface area contributed by atoms with E-state index in [1.54, 1.807) is 4.68 Å². The van der Waals surface area contributed by atoms with Crippen LogP contribution in [0.3, 0.4) is 0 Å². The van der Waals surface area contributed by atoms with Crippen LogP contribution in [0.4, 0.5) is 0 Å². The molecule has 0 bridgehead atoms. The first-order valence-electron chi connectivity index (χ1n) is 8.14. The summed E-state index contributed by atoms with van der Waals surface area (Å²) in [6.07, 6.45) is 2.57. The zero-order chi connectivity index (χ0) is 16.4. The minimum atomic E-state index is 0.119. The molecule has 1 aromatic carbocycles. The molecule has 0 aliphatic rings. The first-order chi connectivity index (χ1) is 10.4. The van der Waals surface area contributed by atoms with E-state index in [-0.39, 0.29) is 5.78 Å². The summed E-state index contributed by atoms with van der Waals surface area (Å²) < 4.78 is 1.75.